The lowest BCUT2D eigenvalue weighted by molar-refractivity contribution is -0.137. The van der Waals surface area contributed by atoms with Crippen molar-refractivity contribution in [2.24, 2.45) is 28.6 Å². The van der Waals surface area contributed by atoms with Crippen molar-refractivity contribution in [1.29, 1.82) is 0 Å². The smallest absolute Gasteiger partial charge is 0.217 e. The van der Waals surface area contributed by atoms with Gasteiger partial charge in [0.1, 0.15) is 0 Å². The fourth-order valence-corrected chi connectivity index (χ4v) is 5.81. The minimum atomic E-state index is 0.126. The average Bonchev–Trinajstić information content (AvgIpc) is 2.83. The molecule has 1 heterocycles. The molecule has 0 aromatic carbocycles. The second kappa shape index (κ2) is 4.97. The molecule has 0 aromatic heterocycles. The van der Waals surface area contributed by atoms with Gasteiger partial charge in [-0.05, 0) is 54.3 Å². The van der Waals surface area contributed by atoms with Crippen molar-refractivity contribution in [1.82, 2.24) is 5.32 Å². The van der Waals surface area contributed by atoms with Crippen LogP contribution in [0, 0.1) is 28.6 Å². The first-order chi connectivity index (χ1) is 9.77. The van der Waals surface area contributed by atoms with Gasteiger partial charge in [0.2, 0.25) is 5.91 Å². The van der Waals surface area contributed by atoms with Crippen LogP contribution in [-0.2, 0) is 9.53 Å². The Hall–Kier alpha value is -0.570. The number of hydrogen-bond donors (Lipinski definition) is 1. The molecule has 3 fully saturated rings. The topological polar surface area (TPSA) is 38.3 Å². The third-order valence-corrected chi connectivity index (χ3v) is 6.67. The van der Waals surface area contributed by atoms with Gasteiger partial charge >= 0.3 is 0 Å². The van der Waals surface area contributed by atoms with Crippen molar-refractivity contribution < 1.29 is 9.53 Å². The van der Waals surface area contributed by atoms with E-state index in [9.17, 15) is 4.79 Å². The summed E-state index contributed by atoms with van der Waals surface area (Å²) in [6.07, 6.45) is 5.26. The van der Waals surface area contributed by atoms with Gasteiger partial charge in [0.15, 0.2) is 0 Å². The number of carbonyl (C=O) groups excluding carboxylic acids is 1. The molecule has 0 unspecified atom stereocenters. The van der Waals surface area contributed by atoms with Crippen LogP contribution in [0.1, 0.15) is 60.3 Å². The lowest BCUT2D eigenvalue weighted by Crippen LogP contribution is -2.60. The summed E-state index contributed by atoms with van der Waals surface area (Å²) in [5, 5.41) is 3.33. The molecular formula is C18H31NO2. The Bertz CT molecular complexity index is 431. The summed E-state index contributed by atoms with van der Waals surface area (Å²) < 4.78 is 6.16. The van der Waals surface area contributed by atoms with Gasteiger partial charge in [-0.15, -0.1) is 0 Å². The lowest BCUT2D eigenvalue weighted by atomic mass is 9.59. The summed E-state index contributed by atoms with van der Waals surface area (Å²) in [5.41, 5.74) is 0.513. The van der Waals surface area contributed by atoms with Crippen LogP contribution in [0.3, 0.4) is 0 Å². The first kappa shape index (κ1) is 15.3. The van der Waals surface area contributed by atoms with E-state index in [1.54, 1.807) is 6.92 Å². The minimum absolute atomic E-state index is 0.126. The highest BCUT2D eigenvalue weighted by molar-refractivity contribution is 5.73. The number of fused-ring (bicyclic) bond motifs is 1. The van der Waals surface area contributed by atoms with Crippen molar-refractivity contribution in [3.8, 4) is 0 Å². The molecule has 1 amide bonds. The Morgan fingerprint density at radius 3 is 2.71 bits per heavy atom. The Morgan fingerprint density at radius 1 is 1.38 bits per heavy atom. The van der Waals surface area contributed by atoms with E-state index in [1.807, 2.05) is 0 Å². The predicted octanol–water partition coefficient (Wildman–Crippen LogP) is 3.38. The zero-order chi connectivity index (χ0) is 15.4. The van der Waals surface area contributed by atoms with Gasteiger partial charge in [-0.1, -0.05) is 27.7 Å². The average molecular weight is 293 g/mol. The number of nitrogens with one attached hydrogen (secondary N) is 1. The maximum atomic E-state index is 11.8. The normalized spacial score (nSPS) is 43.9. The van der Waals surface area contributed by atoms with Gasteiger partial charge in [-0.3, -0.25) is 4.79 Å². The maximum absolute atomic E-state index is 11.8. The van der Waals surface area contributed by atoms with Crippen LogP contribution in [-0.4, -0.2) is 24.7 Å². The Kier molecular flexibility index (Phi) is 3.63. The number of hydrogen-bond acceptors (Lipinski definition) is 2. The molecule has 1 spiro atoms. The Balaban J connectivity index is 1.90. The van der Waals surface area contributed by atoms with Gasteiger partial charge in [0, 0.05) is 19.6 Å². The quantitative estimate of drug-likeness (QED) is 0.866. The standard InChI is InChI=1S/C18H31NO2/c1-11(2)8-15-14-9-13-10-18(14,6-7-21-15)16(17(13,4)5)19-12(3)20/h11,13-16H,6-10H2,1-5H3,(H,19,20)/t13-,14-,15-,16+,18-/m1/s1. The lowest BCUT2D eigenvalue weighted by Gasteiger charge is -2.53. The predicted molar refractivity (Wildman–Crippen MR) is 83.8 cm³/mol. The number of rotatable bonds is 3. The molecule has 3 aliphatic rings. The molecule has 2 saturated carbocycles. The van der Waals surface area contributed by atoms with E-state index < -0.39 is 0 Å². The molecule has 2 bridgehead atoms. The fourth-order valence-electron chi connectivity index (χ4n) is 5.81. The molecule has 1 saturated heterocycles. The van der Waals surface area contributed by atoms with E-state index in [-0.39, 0.29) is 16.7 Å². The molecule has 0 aromatic rings. The van der Waals surface area contributed by atoms with Gasteiger partial charge in [-0.2, -0.15) is 0 Å². The highest BCUT2D eigenvalue weighted by atomic mass is 16.5. The van der Waals surface area contributed by atoms with Crippen LogP contribution in [0.5, 0.6) is 0 Å². The molecule has 120 valence electrons. The second-order valence-corrected chi connectivity index (χ2v) is 8.72. The first-order valence-electron chi connectivity index (χ1n) is 8.66. The molecule has 3 heteroatoms. The van der Waals surface area contributed by atoms with Crippen LogP contribution in [0.15, 0.2) is 0 Å². The summed E-state index contributed by atoms with van der Waals surface area (Å²) in [4.78, 5) is 11.8. The van der Waals surface area contributed by atoms with E-state index in [0.717, 1.165) is 25.4 Å². The molecule has 21 heavy (non-hydrogen) atoms. The third-order valence-electron chi connectivity index (χ3n) is 6.67. The highest BCUT2D eigenvalue weighted by Gasteiger charge is 2.68. The van der Waals surface area contributed by atoms with Crippen LogP contribution >= 0.6 is 0 Å². The van der Waals surface area contributed by atoms with Gasteiger partial charge < -0.3 is 10.1 Å². The van der Waals surface area contributed by atoms with E-state index in [0.29, 0.717) is 24.0 Å². The third kappa shape index (κ3) is 2.23. The Labute approximate surface area is 129 Å². The molecule has 2 aliphatic carbocycles. The largest absolute Gasteiger partial charge is 0.378 e. The molecule has 1 aliphatic heterocycles. The summed E-state index contributed by atoms with van der Waals surface area (Å²) >= 11 is 0. The summed E-state index contributed by atoms with van der Waals surface area (Å²) in [6.45, 7) is 11.8. The summed E-state index contributed by atoms with van der Waals surface area (Å²) in [6, 6.07) is 0.324. The number of ether oxygens (including phenoxy) is 1. The van der Waals surface area contributed by atoms with Crippen LogP contribution in [0.4, 0.5) is 0 Å². The summed E-state index contributed by atoms with van der Waals surface area (Å²) in [7, 11) is 0. The molecule has 3 nitrogen and oxygen atoms in total. The van der Waals surface area contributed by atoms with Gasteiger partial charge in [0.05, 0.1) is 6.10 Å². The maximum Gasteiger partial charge on any atom is 0.217 e. The Morgan fingerprint density at radius 2 is 2.10 bits per heavy atom. The van der Waals surface area contributed by atoms with Crippen LogP contribution in [0.2, 0.25) is 0 Å². The zero-order valence-electron chi connectivity index (χ0n) is 14.2. The van der Waals surface area contributed by atoms with Crippen molar-refractivity contribution in [2.45, 2.75) is 72.4 Å². The molecule has 1 N–H and O–H groups in total. The van der Waals surface area contributed by atoms with Crippen molar-refractivity contribution in [2.75, 3.05) is 6.61 Å². The van der Waals surface area contributed by atoms with E-state index in [4.69, 9.17) is 4.74 Å². The van der Waals surface area contributed by atoms with Crippen LogP contribution < -0.4 is 5.32 Å². The fraction of sp³-hybridized carbons (Fsp3) is 0.944. The minimum Gasteiger partial charge on any atom is -0.378 e. The number of amides is 1. The zero-order valence-corrected chi connectivity index (χ0v) is 14.2. The molecule has 5 atom stereocenters. The van der Waals surface area contributed by atoms with Crippen LogP contribution in [0.25, 0.3) is 0 Å². The number of carbonyl (C=O) groups is 1. The molecular weight excluding hydrogens is 262 g/mol. The van der Waals surface area contributed by atoms with E-state index >= 15 is 0 Å². The molecule has 3 rings (SSSR count). The highest BCUT2D eigenvalue weighted by Crippen LogP contribution is 2.68. The second-order valence-electron chi connectivity index (χ2n) is 8.72. The first-order valence-corrected chi connectivity index (χ1v) is 8.66. The van der Waals surface area contributed by atoms with E-state index in [2.05, 4.69) is 33.0 Å². The van der Waals surface area contributed by atoms with Gasteiger partial charge in [0.25, 0.3) is 0 Å². The van der Waals surface area contributed by atoms with Crippen molar-refractivity contribution >= 4 is 5.91 Å². The summed E-state index contributed by atoms with van der Waals surface area (Å²) in [5.74, 6) is 2.18. The SMILES string of the molecule is CC(=O)N[C@H]1C(C)(C)[C@@H]2C[C@@H]3[C@@H](CC(C)C)OCC[C@@]31C2. The van der Waals surface area contributed by atoms with Crippen molar-refractivity contribution in [3.63, 3.8) is 0 Å². The van der Waals surface area contributed by atoms with Crippen molar-refractivity contribution in [3.05, 3.63) is 0 Å². The monoisotopic (exact) mass is 293 g/mol. The molecule has 0 radical (unpaired) electrons. The van der Waals surface area contributed by atoms with Gasteiger partial charge in [-0.25, -0.2) is 0 Å². The van der Waals surface area contributed by atoms with E-state index in [1.165, 1.54) is 12.8 Å².